The van der Waals surface area contributed by atoms with Crippen molar-refractivity contribution in [1.29, 1.82) is 0 Å². The van der Waals surface area contributed by atoms with Crippen LogP contribution in [-0.4, -0.2) is 50.2 Å². The van der Waals surface area contributed by atoms with Gasteiger partial charge in [0.15, 0.2) is 0 Å². The van der Waals surface area contributed by atoms with Crippen LogP contribution in [0.1, 0.15) is 6.92 Å². The predicted molar refractivity (Wildman–Crippen MR) is 73.7 cm³/mol. The van der Waals surface area contributed by atoms with E-state index in [-0.39, 0.29) is 9.68 Å². The van der Waals surface area contributed by atoms with Crippen LogP contribution in [0.5, 0.6) is 0 Å². The van der Waals surface area contributed by atoms with Crippen LogP contribution in [-0.2, 0) is 4.74 Å². The maximum absolute atomic E-state index is 5.24. The minimum Gasteiger partial charge on any atom is -0.425 e. The molecule has 0 spiro atoms. The number of hydrogen-bond acceptors (Lipinski definition) is 3. The summed E-state index contributed by atoms with van der Waals surface area (Å²) in [4.78, 5) is 3.40. The van der Waals surface area contributed by atoms with Crippen LogP contribution in [0.4, 0.5) is 0 Å². The summed E-state index contributed by atoms with van der Waals surface area (Å²) < 4.78 is 5.24. The molecule has 0 aromatic heterocycles. The topological polar surface area (TPSA) is 33.3 Å². The smallest absolute Gasteiger partial charge is 0.116 e. The second-order valence-corrected chi connectivity index (χ2v) is 6.64. The number of nitrogens with one attached hydrogen (secondary N) is 2. The van der Waals surface area contributed by atoms with Gasteiger partial charge in [0.25, 0.3) is 0 Å². The molecule has 88 valence electrons. The molecule has 0 unspecified atom stereocenters. The van der Waals surface area contributed by atoms with Crippen LogP contribution in [0, 0.1) is 0 Å². The van der Waals surface area contributed by atoms with E-state index in [0.29, 0.717) is 0 Å². The Hall–Kier alpha value is -0.236. The second-order valence-electron chi connectivity index (χ2n) is 3.18. The molecule has 0 aromatic rings. The molecule has 0 aliphatic carbocycles. The normalized spacial score (nSPS) is 12.3. The lowest BCUT2D eigenvalue weighted by Crippen LogP contribution is -2.25. The van der Waals surface area contributed by atoms with E-state index in [2.05, 4.69) is 34.9 Å². The molecule has 15 heavy (non-hydrogen) atoms. The molecule has 2 N–H and O–H groups in total. The first-order valence-electron chi connectivity index (χ1n) is 5.68. The fourth-order valence-corrected chi connectivity index (χ4v) is 3.91. The van der Waals surface area contributed by atoms with Crippen molar-refractivity contribution in [3.63, 3.8) is 0 Å². The van der Waals surface area contributed by atoms with Gasteiger partial charge in [-0.2, -0.15) is 0 Å². The van der Waals surface area contributed by atoms with Gasteiger partial charge < -0.3 is 15.0 Å². The minimum absolute atomic E-state index is 0.0462. The largest absolute Gasteiger partial charge is 0.425 e. The molecule has 0 heterocycles. The van der Waals surface area contributed by atoms with Gasteiger partial charge in [-0.05, 0) is 25.3 Å². The van der Waals surface area contributed by atoms with Gasteiger partial charge in [-0.15, -0.1) is 6.58 Å². The maximum atomic E-state index is 5.24. The summed E-state index contributed by atoms with van der Waals surface area (Å²) >= 11 is 0. The van der Waals surface area contributed by atoms with Gasteiger partial charge in [-0.3, -0.25) is 0 Å². The number of ether oxygens (including phenoxy) is 1. The Morgan fingerprint density at radius 2 is 2.27 bits per heavy atom. The van der Waals surface area contributed by atoms with E-state index in [1.807, 2.05) is 6.92 Å². The Morgan fingerprint density at radius 3 is 2.87 bits per heavy atom. The SMILES string of the molecule is C=C[Si](=CN[SiH2]C)CCNCCOCC. The third-order valence-corrected chi connectivity index (χ3v) is 4.92. The molecule has 3 nitrogen and oxygen atoms in total. The summed E-state index contributed by atoms with van der Waals surface area (Å²) in [5, 5.41) is 3.38. The highest BCUT2D eigenvalue weighted by atomic mass is 28.2. The van der Waals surface area contributed by atoms with E-state index in [1.165, 1.54) is 6.04 Å². The lowest BCUT2D eigenvalue weighted by atomic mass is 10.6. The highest BCUT2D eigenvalue weighted by Gasteiger charge is 1.93. The summed E-state index contributed by atoms with van der Waals surface area (Å²) in [7, 11) is -0.526. The third kappa shape index (κ3) is 10.1. The molecule has 0 aliphatic rings. The van der Waals surface area contributed by atoms with Crippen LogP contribution in [0.15, 0.2) is 12.3 Å². The lowest BCUT2D eigenvalue weighted by molar-refractivity contribution is 0.149. The van der Waals surface area contributed by atoms with Gasteiger partial charge in [0.05, 0.1) is 15.0 Å². The van der Waals surface area contributed by atoms with E-state index in [4.69, 9.17) is 4.74 Å². The minimum atomic E-state index is -0.480. The standard InChI is InChI=1S/C10H24N2OSi2/c1-4-13-8-6-11-7-9-15(5-2)10-12-14-3/h5,10-12H,2,4,6-9,14H2,1,3H3. The fraction of sp³-hybridized carbons (Fsp3) is 0.700. The van der Waals surface area contributed by atoms with Gasteiger partial charge >= 0.3 is 0 Å². The average Bonchev–Trinajstić information content (AvgIpc) is 2.27. The Bertz CT molecular complexity index is 186. The molecule has 0 rings (SSSR count). The molecule has 0 saturated carbocycles. The highest BCUT2D eigenvalue weighted by Crippen LogP contribution is 1.82. The Morgan fingerprint density at radius 1 is 1.47 bits per heavy atom. The van der Waals surface area contributed by atoms with Crippen molar-refractivity contribution in [3.05, 3.63) is 12.3 Å². The van der Waals surface area contributed by atoms with Crippen molar-refractivity contribution < 1.29 is 4.74 Å². The van der Waals surface area contributed by atoms with Crippen molar-refractivity contribution in [1.82, 2.24) is 10.3 Å². The molecule has 0 radical (unpaired) electrons. The summed E-state index contributed by atoms with van der Waals surface area (Å²) in [5.41, 5.74) is 2.10. The molecular weight excluding hydrogens is 220 g/mol. The molecule has 0 atom stereocenters. The molecule has 0 bridgehead atoms. The molecule has 0 fully saturated rings. The van der Waals surface area contributed by atoms with Crippen LogP contribution in [0.3, 0.4) is 0 Å². The van der Waals surface area contributed by atoms with Crippen molar-refractivity contribution in [2.75, 3.05) is 26.3 Å². The van der Waals surface area contributed by atoms with Gasteiger partial charge in [-0.1, -0.05) is 12.2 Å². The number of hydrogen-bond donors (Lipinski definition) is 2. The lowest BCUT2D eigenvalue weighted by Gasteiger charge is -2.05. The summed E-state index contributed by atoms with van der Waals surface area (Å²) in [6, 6.07) is 1.21. The Labute approximate surface area is 97.4 Å². The van der Waals surface area contributed by atoms with E-state index in [1.54, 1.807) is 0 Å². The zero-order valence-corrected chi connectivity index (χ0v) is 12.4. The van der Waals surface area contributed by atoms with Gasteiger partial charge in [0, 0.05) is 13.2 Å². The first-order chi connectivity index (χ1) is 7.35. The summed E-state index contributed by atoms with van der Waals surface area (Å²) in [6.45, 7) is 11.8. The molecular formula is C10H24N2OSi2. The van der Waals surface area contributed by atoms with Crippen molar-refractivity contribution >= 4 is 23.9 Å². The van der Waals surface area contributed by atoms with Crippen molar-refractivity contribution in [2.45, 2.75) is 19.5 Å². The van der Waals surface area contributed by atoms with Crippen LogP contribution in [0.25, 0.3) is 0 Å². The van der Waals surface area contributed by atoms with Crippen LogP contribution >= 0.6 is 0 Å². The van der Waals surface area contributed by atoms with Crippen LogP contribution in [0.2, 0.25) is 12.6 Å². The maximum Gasteiger partial charge on any atom is 0.116 e. The molecule has 0 aliphatic heterocycles. The van der Waals surface area contributed by atoms with Crippen molar-refractivity contribution in [2.24, 2.45) is 0 Å². The number of rotatable bonds is 10. The van der Waals surface area contributed by atoms with Gasteiger partial charge in [0.2, 0.25) is 0 Å². The quantitative estimate of drug-likeness (QED) is 0.416. The first-order valence-corrected chi connectivity index (χ1v) is 9.66. The Kier molecular flexibility index (Phi) is 11.7. The van der Waals surface area contributed by atoms with Gasteiger partial charge in [-0.25, -0.2) is 0 Å². The average molecular weight is 244 g/mol. The summed E-state index contributed by atoms with van der Waals surface area (Å²) in [6.07, 6.45) is 0. The molecule has 0 amide bonds. The zero-order valence-electron chi connectivity index (χ0n) is 10.0. The molecule has 0 aromatic carbocycles. The van der Waals surface area contributed by atoms with E-state index in [9.17, 15) is 0 Å². The fourth-order valence-electron chi connectivity index (χ4n) is 1.11. The first kappa shape index (κ1) is 14.8. The van der Waals surface area contributed by atoms with Gasteiger partial charge in [0.1, 0.15) is 9.68 Å². The second kappa shape index (κ2) is 11.8. The van der Waals surface area contributed by atoms with E-state index >= 15 is 0 Å². The Balaban J connectivity index is 3.42. The summed E-state index contributed by atoms with van der Waals surface area (Å²) in [5.74, 6) is 2.27. The van der Waals surface area contributed by atoms with Crippen LogP contribution < -0.4 is 10.3 Å². The van der Waals surface area contributed by atoms with E-state index < -0.39 is 8.41 Å². The highest BCUT2D eigenvalue weighted by molar-refractivity contribution is 6.71. The zero-order chi connectivity index (χ0) is 11.4. The van der Waals surface area contributed by atoms with Crippen molar-refractivity contribution in [3.8, 4) is 0 Å². The molecule has 0 saturated heterocycles. The molecule has 5 heteroatoms. The third-order valence-electron chi connectivity index (χ3n) is 1.97. The van der Waals surface area contributed by atoms with E-state index in [0.717, 1.165) is 26.3 Å². The predicted octanol–water partition coefficient (Wildman–Crippen LogP) is -0.105. The monoisotopic (exact) mass is 244 g/mol.